The van der Waals surface area contributed by atoms with Gasteiger partial charge in [0.05, 0.1) is 17.2 Å². The highest BCUT2D eigenvalue weighted by Crippen LogP contribution is 2.21. The zero-order valence-corrected chi connectivity index (χ0v) is 13.4. The number of benzene rings is 2. The van der Waals surface area contributed by atoms with Gasteiger partial charge in [-0.25, -0.2) is 0 Å². The number of halogens is 1. The number of carbonyl (C=O) groups is 2. The molecule has 0 bridgehead atoms. The Labute approximate surface area is 140 Å². The van der Waals surface area contributed by atoms with Gasteiger partial charge in [0, 0.05) is 10.5 Å². The maximum atomic E-state index is 12.0. The molecule has 0 aromatic heterocycles. The smallest absolute Gasteiger partial charge is 0.282 e. The molecule has 0 heterocycles. The van der Waals surface area contributed by atoms with E-state index >= 15 is 0 Å². The van der Waals surface area contributed by atoms with E-state index in [2.05, 4.69) is 26.6 Å². The normalized spacial score (nSPS) is 9.96. The van der Waals surface area contributed by atoms with E-state index < -0.39 is 16.7 Å². The van der Waals surface area contributed by atoms with Crippen LogP contribution >= 0.6 is 15.9 Å². The van der Waals surface area contributed by atoms with E-state index in [9.17, 15) is 19.7 Å². The van der Waals surface area contributed by atoms with Gasteiger partial charge >= 0.3 is 0 Å². The molecule has 0 atom stereocenters. The summed E-state index contributed by atoms with van der Waals surface area (Å²) in [5.74, 6) is -1.12. The summed E-state index contributed by atoms with van der Waals surface area (Å²) in [5.41, 5.74) is 0.167. The number of hydrogen-bond donors (Lipinski definition) is 2. The second-order valence-corrected chi connectivity index (χ2v) is 5.34. The number of nitrogens with zero attached hydrogens (tertiary/aromatic N) is 1. The molecule has 0 radical (unpaired) electrons. The molecule has 2 aromatic carbocycles. The van der Waals surface area contributed by atoms with Gasteiger partial charge in [0.2, 0.25) is 5.91 Å². The molecule has 2 N–H and O–H groups in total. The summed E-state index contributed by atoms with van der Waals surface area (Å²) in [6, 6.07) is 12.6. The van der Waals surface area contributed by atoms with Crippen molar-refractivity contribution in [2.24, 2.45) is 0 Å². The molecule has 0 aliphatic rings. The first-order valence-electron chi connectivity index (χ1n) is 6.55. The molecule has 8 heteroatoms. The lowest BCUT2D eigenvalue weighted by Crippen LogP contribution is -2.33. The van der Waals surface area contributed by atoms with Crippen LogP contribution in [0.1, 0.15) is 10.4 Å². The monoisotopic (exact) mass is 377 g/mol. The number of carbonyl (C=O) groups excluding carboxylic acids is 2. The van der Waals surface area contributed by atoms with Crippen LogP contribution < -0.4 is 10.6 Å². The number of nitro groups is 1. The minimum atomic E-state index is -0.681. The maximum absolute atomic E-state index is 12.0. The number of hydrogen-bond acceptors (Lipinski definition) is 4. The zero-order valence-electron chi connectivity index (χ0n) is 11.8. The Morgan fingerprint density at radius 1 is 1.09 bits per heavy atom. The van der Waals surface area contributed by atoms with Crippen LogP contribution in [0.5, 0.6) is 0 Å². The van der Waals surface area contributed by atoms with Crippen LogP contribution in [-0.4, -0.2) is 23.3 Å². The lowest BCUT2D eigenvalue weighted by Gasteiger charge is -2.08. The van der Waals surface area contributed by atoms with Crippen molar-refractivity contribution < 1.29 is 14.5 Å². The first-order chi connectivity index (χ1) is 11.0. The van der Waals surface area contributed by atoms with E-state index in [-0.39, 0.29) is 17.8 Å². The molecule has 0 fully saturated rings. The average Bonchev–Trinajstić information content (AvgIpc) is 2.54. The topological polar surface area (TPSA) is 101 Å². The molecule has 0 saturated carbocycles. The van der Waals surface area contributed by atoms with Crippen LogP contribution in [0.4, 0.5) is 11.4 Å². The van der Waals surface area contributed by atoms with Crippen molar-refractivity contribution in [3.05, 3.63) is 68.7 Å². The third-order valence-corrected chi connectivity index (χ3v) is 3.59. The van der Waals surface area contributed by atoms with E-state index in [1.807, 2.05) is 0 Å². The summed E-state index contributed by atoms with van der Waals surface area (Å²) in [7, 11) is 0. The zero-order chi connectivity index (χ0) is 16.8. The predicted molar refractivity (Wildman–Crippen MR) is 88.2 cm³/mol. The number of para-hydroxylation sites is 2. The number of rotatable bonds is 5. The molecule has 118 valence electrons. The Morgan fingerprint density at radius 2 is 1.74 bits per heavy atom. The van der Waals surface area contributed by atoms with Crippen molar-refractivity contribution in [1.82, 2.24) is 5.32 Å². The van der Waals surface area contributed by atoms with E-state index in [0.29, 0.717) is 10.2 Å². The first kappa shape index (κ1) is 16.6. The van der Waals surface area contributed by atoms with E-state index in [1.165, 1.54) is 24.3 Å². The van der Waals surface area contributed by atoms with Gasteiger partial charge in [0.1, 0.15) is 5.56 Å². The number of nitrogens with one attached hydrogen (secondary N) is 2. The SMILES string of the molecule is O=C(CNC(=O)c1ccccc1[N+](=O)[O-])Nc1ccccc1Br. The van der Waals surface area contributed by atoms with Crippen LogP contribution in [0.3, 0.4) is 0 Å². The van der Waals surface area contributed by atoms with Crippen molar-refractivity contribution >= 4 is 39.1 Å². The molecule has 23 heavy (non-hydrogen) atoms. The third-order valence-electron chi connectivity index (χ3n) is 2.90. The van der Waals surface area contributed by atoms with E-state index in [4.69, 9.17) is 0 Å². The van der Waals surface area contributed by atoms with Crippen molar-refractivity contribution in [1.29, 1.82) is 0 Å². The maximum Gasteiger partial charge on any atom is 0.282 e. The summed E-state index contributed by atoms with van der Waals surface area (Å²) in [5, 5.41) is 15.9. The van der Waals surface area contributed by atoms with Gasteiger partial charge in [-0.15, -0.1) is 0 Å². The van der Waals surface area contributed by atoms with Gasteiger partial charge in [0.15, 0.2) is 0 Å². The Morgan fingerprint density at radius 3 is 2.43 bits per heavy atom. The van der Waals surface area contributed by atoms with Crippen LogP contribution in [-0.2, 0) is 4.79 Å². The van der Waals surface area contributed by atoms with Gasteiger partial charge in [-0.2, -0.15) is 0 Å². The molecular formula is C15H12BrN3O4. The molecule has 0 aliphatic heterocycles. The number of anilines is 1. The fraction of sp³-hybridized carbons (Fsp3) is 0.0667. The highest BCUT2D eigenvalue weighted by Gasteiger charge is 2.19. The quantitative estimate of drug-likeness (QED) is 0.617. The number of nitro benzene ring substituents is 1. The Balaban J connectivity index is 1.98. The van der Waals surface area contributed by atoms with Crippen molar-refractivity contribution in [3.8, 4) is 0 Å². The van der Waals surface area contributed by atoms with Crippen LogP contribution in [0.2, 0.25) is 0 Å². The summed E-state index contributed by atoms with van der Waals surface area (Å²) in [6.45, 7) is -0.299. The molecule has 7 nitrogen and oxygen atoms in total. The minimum absolute atomic E-state index is 0.0915. The van der Waals surface area contributed by atoms with Crippen molar-refractivity contribution in [3.63, 3.8) is 0 Å². The largest absolute Gasteiger partial charge is 0.343 e. The van der Waals surface area contributed by atoms with Crippen LogP contribution in [0.15, 0.2) is 53.0 Å². The fourth-order valence-corrected chi connectivity index (χ4v) is 2.22. The summed E-state index contributed by atoms with van der Waals surface area (Å²) in [4.78, 5) is 34.1. The average molecular weight is 378 g/mol. The predicted octanol–water partition coefficient (Wildman–Crippen LogP) is 2.73. The van der Waals surface area contributed by atoms with Gasteiger partial charge in [0.25, 0.3) is 11.6 Å². The molecule has 2 aromatic rings. The Hall–Kier alpha value is -2.74. The number of amides is 2. The standard InChI is InChI=1S/C15H12BrN3O4/c16-11-6-2-3-7-12(11)18-14(20)9-17-15(21)10-5-1-4-8-13(10)19(22)23/h1-8H,9H2,(H,17,21)(H,18,20). The summed E-state index contributed by atoms with van der Waals surface area (Å²) < 4.78 is 0.707. The van der Waals surface area contributed by atoms with Crippen molar-refractivity contribution in [2.75, 3.05) is 11.9 Å². The molecule has 0 saturated heterocycles. The molecular weight excluding hydrogens is 366 g/mol. The molecule has 0 spiro atoms. The second kappa shape index (κ2) is 7.50. The highest BCUT2D eigenvalue weighted by atomic mass is 79.9. The second-order valence-electron chi connectivity index (χ2n) is 4.48. The van der Waals surface area contributed by atoms with Gasteiger partial charge in [-0.05, 0) is 34.1 Å². The molecule has 0 aliphatic carbocycles. The first-order valence-corrected chi connectivity index (χ1v) is 7.34. The Kier molecular flexibility index (Phi) is 5.42. The fourth-order valence-electron chi connectivity index (χ4n) is 1.84. The van der Waals surface area contributed by atoms with Gasteiger partial charge < -0.3 is 10.6 Å². The molecule has 2 amide bonds. The molecule has 0 unspecified atom stereocenters. The Bertz CT molecular complexity index is 764. The van der Waals surface area contributed by atoms with Gasteiger partial charge in [-0.3, -0.25) is 19.7 Å². The van der Waals surface area contributed by atoms with E-state index in [0.717, 1.165) is 0 Å². The van der Waals surface area contributed by atoms with Crippen LogP contribution in [0, 0.1) is 10.1 Å². The van der Waals surface area contributed by atoms with Crippen LogP contribution in [0.25, 0.3) is 0 Å². The van der Waals surface area contributed by atoms with Crippen molar-refractivity contribution in [2.45, 2.75) is 0 Å². The lowest BCUT2D eigenvalue weighted by atomic mass is 10.1. The lowest BCUT2D eigenvalue weighted by molar-refractivity contribution is -0.385. The summed E-state index contributed by atoms with van der Waals surface area (Å²) in [6.07, 6.45) is 0. The van der Waals surface area contributed by atoms with E-state index in [1.54, 1.807) is 24.3 Å². The molecule has 2 rings (SSSR count). The van der Waals surface area contributed by atoms with Gasteiger partial charge in [-0.1, -0.05) is 24.3 Å². The minimum Gasteiger partial charge on any atom is -0.343 e. The summed E-state index contributed by atoms with van der Waals surface area (Å²) >= 11 is 3.29. The highest BCUT2D eigenvalue weighted by molar-refractivity contribution is 9.10. The third kappa shape index (κ3) is 4.36.